The van der Waals surface area contributed by atoms with E-state index >= 15 is 0 Å². The van der Waals surface area contributed by atoms with E-state index in [0.29, 0.717) is 12.5 Å². The minimum Gasteiger partial charge on any atom is -0.396 e. The van der Waals surface area contributed by atoms with Gasteiger partial charge in [-0.05, 0) is 24.7 Å². The molecular weight excluding hydrogens is 220 g/mol. The maximum Gasteiger partial charge on any atom is 0.0459 e. The van der Waals surface area contributed by atoms with Gasteiger partial charge in [-0.15, -0.1) is 0 Å². The molecule has 1 nitrogen and oxygen atoms in total. The molecule has 0 saturated heterocycles. The molecule has 0 spiro atoms. The molecule has 0 aliphatic carbocycles. The summed E-state index contributed by atoms with van der Waals surface area (Å²) in [7, 11) is 0. The van der Waals surface area contributed by atoms with Crippen LogP contribution in [0.15, 0.2) is 0 Å². The van der Waals surface area contributed by atoms with E-state index in [2.05, 4.69) is 20.8 Å². The van der Waals surface area contributed by atoms with E-state index in [9.17, 15) is 5.11 Å². The zero-order chi connectivity index (χ0) is 13.6. The molecule has 110 valence electrons. The van der Waals surface area contributed by atoms with Crippen molar-refractivity contribution in [3.8, 4) is 0 Å². The van der Waals surface area contributed by atoms with Crippen LogP contribution in [0.3, 0.4) is 0 Å². The summed E-state index contributed by atoms with van der Waals surface area (Å²) in [5.41, 5.74) is 0. The molecule has 1 N–H and O–H groups in total. The third-order valence-corrected chi connectivity index (χ3v) is 4.01. The lowest BCUT2D eigenvalue weighted by Gasteiger charge is -2.19. The lowest BCUT2D eigenvalue weighted by atomic mass is 9.89. The van der Waals surface area contributed by atoms with E-state index in [1.165, 1.54) is 70.6 Å². The molecule has 1 heteroatoms. The standard InChI is InChI=1S/C17H36O/c1-4-6-8-10-12-16(3)14-17(15-18)13-11-9-7-5-2/h16-18H,4-15H2,1-3H3. The van der Waals surface area contributed by atoms with E-state index in [1.54, 1.807) is 0 Å². The van der Waals surface area contributed by atoms with Crippen LogP contribution >= 0.6 is 0 Å². The van der Waals surface area contributed by atoms with Crippen LogP contribution in [0.1, 0.15) is 91.4 Å². The Bertz CT molecular complexity index is 156. The molecule has 0 saturated carbocycles. The van der Waals surface area contributed by atoms with Gasteiger partial charge in [-0.25, -0.2) is 0 Å². The van der Waals surface area contributed by atoms with Crippen LogP contribution in [0, 0.1) is 11.8 Å². The van der Waals surface area contributed by atoms with Gasteiger partial charge in [0.15, 0.2) is 0 Å². The summed E-state index contributed by atoms with van der Waals surface area (Å²) in [6.07, 6.45) is 14.6. The van der Waals surface area contributed by atoms with Crippen LogP contribution in [-0.2, 0) is 0 Å². The highest BCUT2D eigenvalue weighted by molar-refractivity contribution is 4.64. The summed E-state index contributed by atoms with van der Waals surface area (Å²) < 4.78 is 0. The molecule has 0 heterocycles. The number of rotatable bonds is 13. The van der Waals surface area contributed by atoms with Gasteiger partial charge >= 0.3 is 0 Å². The van der Waals surface area contributed by atoms with E-state index < -0.39 is 0 Å². The average Bonchev–Trinajstić information content (AvgIpc) is 2.38. The Balaban J connectivity index is 3.55. The second kappa shape index (κ2) is 13.4. The predicted octanol–water partition coefficient (Wildman–Crippen LogP) is 5.56. The number of hydrogen-bond acceptors (Lipinski definition) is 1. The number of hydrogen-bond donors (Lipinski definition) is 1. The number of aliphatic hydroxyl groups excluding tert-OH is 1. The molecule has 2 atom stereocenters. The Hall–Kier alpha value is -0.0400. The van der Waals surface area contributed by atoms with Crippen molar-refractivity contribution in [2.75, 3.05) is 6.61 Å². The molecule has 2 unspecified atom stereocenters. The molecule has 0 aromatic carbocycles. The van der Waals surface area contributed by atoms with Gasteiger partial charge in [-0.1, -0.05) is 78.6 Å². The monoisotopic (exact) mass is 256 g/mol. The highest BCUT2D eigenvalue weighted by Crippen LogP contribution is 2.22. The van der Waals surface area contributed by atoms with Gasteiger partial charge in [0.05, 0.1) is 0 Å². The van der Waals surface area contributed by atoms with Crippen molar-refractivity contribution in [3.05, 3.63) is 0 Å². The maximum atomic E-state index is 9.44. The van der Waals surface area contributed by atoms with Crippen molar-refractivity contribution < 1.29 is 5.11 Å². The van der Waals surface area contributed by atoms with Crippen molar-refractivity contribution in [1.82, 2.24) is 0 Å². The van der Waals surface area contributed by atoms with Crippen LogP contribution in [0.5, 0.6) is 0 Å². The van der Waals surface area contributed by atoms with Crippen molar-refractivity contribution in [1.29, 1.82) is 0 Å². The second-order valence-corrected chi connectivity index (χ2v) is 6.09. The highest BCUT2D eigenvalue weighted by atomic mass is 16.3. The summed E-state index contributed by atoms with van der Waals surface area (Å²) in [5.74, 6) is 1.35. The van der Waals surface area contributed by atoms with Crippen molar-refractivity contribution in [2.24, 2.45) is 11.8 Å². The minimum atomic E-state index is 0.394. The summed E-state index contributed by atoms with van der Waals surface area (Å²) in [6.45, 7) is 7.27. The highest BCUT2D eigenvalue weighted by Gasteiger charge is 2.12. The van der Waals surface area contributed by atoms with Gasteiger partial charge in [0.1, 0.15) is 0 Å². The first-order valence-electron chi connectivity index (χ1n) is 8.35. The third kappa shape index (κ3) is 11.1. The van der Waals surface area contributed by atoms with Gasteiger partial charge in [0.2, 0.25) is 0 Å². The van der Waals surface area contributed by atoms with E-state index in [1.807, 2.05) is 0 Å². The van der Waals surface area contributed by atoms with Gasteiger partial charge in [0.25, 0.3) is 0 Å². The molecule has 0 amide bonds. The first-order valence-corrected chi connectivity index (χ1v) is 8.35. The zero-order valence-electron chi connectivity index (χ0n) is 13.1. The first kappa shape index (κ1) is 18.0. The Morgan fingerprint density at radius 3 is 1.83 bits per heavy atom. The average molecular weight is 256 g/mol. The summed E-state index contributed by atoms with van der Waals surface area (Å²) in [4.78, 5) is 0. The number of aliphatic hydroxyl groups is 1. The summed E-state index contributed by atoms with van der Waals surface area (Å²) >= 11 is 0. The van der Waals surface area contributed by atoms with Crippen molar-refractivity contribution in [2.45, 2.75) is 91.4 Å². The molecular formula is C17H36O. The molecule has 0 fully saturated rings. The number of unbranched alkanes of at least 4 members (excludes halogenated alkanes) is 6. The molecule has 0 aromatic heterocycles. The van der Waals surface area contributed by atoms with E-state index in [0.717, 1.165) is 5.92 Å². The van der Waals surface area contributed by atoms with Crippen LogP contribution in [0.25, 0.3) is 0 Å². The predicted molar refractivity (Wildman–Crippen MR) is 81.9 cm³/mol. The molecule has 0 aliphatic heterocycles. The third-order valence-electron chi connectivity index (χ3n) is 4.01. The van der Waals surface area contributed by atoms with Gasteiger partial charge in [0, 0.05) is 6.61 Å². The largest absolute Gasteiger partial charge is 0.396 e. The van der Waals surface area contributed by atoms with E-state index in [-0.39, 0.29) is 0 Å². The molecule has 0 aliphatic rings. The molecule has 0 radical (unpaired) electrons. The maximum absolute atomic E-state index is 9.44. The SMILES string of the molecule is CCCCCCC(C)CC(CO)CCCCCC. The van der Waals surface area contributed by atoms with Crippen LogP contribution in [-0.4, -0.2) is 11.7 Å². The fourth-order valence-corrected chi connectivity index (χ4v) is 2.75. The van der Waals surface area contributed by atoms with Crippen LogP contribution in [0.4, 0.5) is 0 Å². The fraction of sp³-hybridized carbons (Fsp3) is 1.00. The first-order chi connectivity index (χ1) is 8.74. The van der Waals surface area contributed by atoms with Crippen LogP contribution in [0.2, 0.25) is 0 Å². The van der Waals surface area contributed by atoms with Gasteiger partial charge in [-0.2, -0.15) is 0 Å². The van der Waals surface area contributed by atoms with Gasteiger partial charge < -0.3 is 5.11 Å². The zero-order valence-corrected chi connectivity index (χ0v) is 13.1. The lowest BCUT2D eigenvalue weighted by Crippen LogP contribution is -2.11. The summed E-state index contributed by atoms with van der Waals surface area (Å²) in [5, 5.41) is 9.44. The Morgan fingerprint density at radius 2 is 1.33 bits per heavy atom. The smallest absolute Gasteiger partial charge is 0.0459 e. The Labute approximate surface area is 115 Å². The van der Waals surface area contributed by atoms with Crippen molar-refractivity contribution in [3.63, 3.8) is 0 Å². The normalized spacial score (nSPS) is 14.7. The van der Waals surface area contributed by atoms with Gasteiger partial charge in [-0.3, -0.25) is 0 Å². The molecule has 18 heavy (non-hydrogen) atoms. The topological polar surface area (TPSA) is 20.2 Å². The van der Waals surface area contributed by atoms with E-state index in [4.69, 9.17) is 0 Å². The van der Waals surface area contributed by atoms with Crippen molar-refractivity contribution >= 4 is 0 Å². The lowest BCUT2D eigenvalue weighted by molar-refractivity contribution is 0.189. The Morgan fingerprint density at radius 1 is 0.778 bits per heavy atom. The Kier molecular flexibility index (Phi) is 13.4. The minimum absolute atomic E-state index is 0.394. The second-order valence-electron chi connectivity index (χ2n) is 6.09. The molecule has 0 rings (SSSR count). The quantitative estimate of drug-likeness (QED) is 0.428. The fourth-order valence-electron chi connectivity index (χ4n) is 2.75. The van der Waals surface area contributed by atoms with Crippen LogP contribution < -0.4 is 0 Å². The molecule has 0 aromatic rings. The molecule has 0 bridgehead atoms. The summed E-state index contributed by atoms with van der Waals surface area (Å²) in [6, 6.07) is 0.